The van der Waals surface area contributed by atoms with E-state index in [1.165, 1.54) is 12.2 Å². The van der Waals surface area contributed by atoms with Crippen LogP contribution >= 0.6 is 0 Å². The number of nitrogens with two attached hydrogens (primary N) is 1. The molecule has 0 bridgehead atoms. The molecule has 1 aliphatic carbocycles. The molecule has 7 nitrogen and oxygen atoms in total. The van der Waals surface area contributed by atoms with Gasteiger partial charge in [-0.15, -0.1) is 0 Å². The highest BCUT2D eigenvalue weighted by Gasteiger charge is 2.48. The number of nitrogens with zero attached hydrogens (tertiary/aromatic N) is 1. The smallest absolute Gasteiger partial charge is 0.301 e. The minimum absolute atomic E-state index is 0.0520. The van der Waals surface area contributed by atoms with Gasteiger partial charge >= 0.3 is 10.1 Å². The van der Waals surface area contributed by atoms with Gasteiger partial charge in [0.2, 0.25) is 4.93 Å². The Balaban J connectivity index is 3.37. The van der Waals surface area contributed by atoms with Gasteiger partial charge in [0, 0.05) is 7.11 Å². The summed E-state index contributed by atoms with van der Waals surface area (Å²) in [5.41, 5.74) is 12.3. The Morgan fingerprint density at radius 1 is 1.73 bits per heavy atom. The molecule has 15 heavy (non-hydrogen) atoms. The van der Waals surface area contributed by atoms with Crippen LogP contribution in [0.15, 0.2) is 29.0 Å². The molecule has 0 aromatic carbocycles. The molecule has 0 aromatic heterocycles. The van der Waals surface area contributed by atoms with Crippen molar-refractivity contribution in [1.82, 2.24) is 0 Å². The van der Waals surface area contributed by atoms with Gasteiger partial charge in [0.1, 0.15) is 0 Å². The number of nitrogens with one attached hydrogen (secondary N) is 1. The topological polar surface area (TPSA) is 126 Å². The summed E-state index contributed by atoms with van der Waals surface area (Å²) in [4.78, 5) is -2.07. The number of hydrogen-bond acceptors (Lipinski definition) is 6. The molecule has 0 unspecified atom stereocenters. The number of rotatable bonds is 3. The van der Waals surface area contributed by atoms with Crippen molar-refractivity contribution >= 4 is 10.1 Å². The molecule has 0 aromatic rings. The molecule has 1 aliphatic rings. The van der Waals surface area contributed by atoms with Crippen molar-refractivity contribution in [2.24, 2.45) is 10.8 Å². The second-order valence-corrected chi connectivity index (χ2v) is 4.55. The van der Waals surface area contributed by atoms with Crippen LogP contribution in [0.4, 0.5) is 0 Å². The summed E-state index contributed by atoms with van der Waals surface area (Å²) in [5, 5.41) is 3.05. The first kappa shape index (κ1) is 12.0. The van der Waals surface area contributed by atoms with E-state index in [0.29, 0.717) is 0 Å². The van der Waals surface area contributed by atoms with Crippen LogP contribution in [-0.2, 0) is 14.9 Å². The van der Waals surface area contributed by atoms with Crippen LogP contribution in [0.5, 0.6) is 0 Å². The standard InChI is InChI=1S/C7H11N3O4S/c1-14-7(15(11,12)13)4-5(10-9)2-3-6(7)8/h2-4,6,9H,8H2,1H3,(H,11,12,13)/t6-,7+/m1/s1. The first-order chi connectivity index (χ1) is 6.87. The van der Waals surface area contributed by atoms with Crippen molar-refractivity contribution in [1.29, 1.82) is 5.53 Å². The highest BCUT2D eigenvalue weighted by Crippen LogP contribution is 2.29. The van der Waals surface area contributed by atoms with Crippen molar-refractivity contribution in [3.05, 3.63) is 23.9 Å². The summed E-state index contributed by atoms with van der Waals surface area (Å²) in [6.07, 6.45) is 3.67. The molecule has 0 heterocycles. The fourth-order valence-electron chi connectivity index (χ4n) is 1.30. The third kappa shape index (κ3) is 1.84. The van der Waals surface area contributed by atoms with Crippen LogP contribution in [0, 0.1) is 5.53 Å². The fourth-order valence-corrected chi connectivity index (χ4v) is 2.21. The van der Waals surface area contributed by atoms with E-state index in [1.807, 2.05) is 0 Å². The van der Waals surface area contributed by atoms with Crippen LogP contribution < -0.4 is 5.73 Å². The molecule has 1 rings (SSSR count). The zero-order chi connectivity index (χ0) is 11.7. The fraction of sp³-hybridized carbons (Fsp3) is 0.429. The van der Waals surface area contributed by atoms with Gasteiger partial charge in [-0.1, -0.05) is 6.08 Å². The van der Waals surface area contributed by atoms with E-state index in [9.17, 15) is 8.42 Å². The molecule has 8 heteroatoms. The Morgan fingerprint density at radius 3 is 2.73 bits per heavy atom. The zero-order valence-electron chi connectivity index (χ0n) is 7.91. The van der Waals surface area contributed by atoms with E-state index < -0.39 is 21.1 Å². The first-order valence-corrected chi connectivity index (χ1v) is 5.37. The molecule has 0 aliphatic heterocycles. The minimum Gasteiger partial charge on any atom is -0.355 e. The Labute approximate surface area is 86.9 Å². The SMILES string of the molecule is CO[C@]1(S(=O)(=O)O)C=C(N=N)C=C[C@H]1N. The van der Waals surface area contributed by atoms with Crippen molar-refractivity contribution in [3.8, 4) is 0 Å². The van der Waals surface area contributed by atoms with E-state index in [0.717, 1.165) is 13.2 Å². The van der Waals surface area contributed by atoms with Gasteiger partial charge in [0.05, 0.1) is 11.7 Å². The number of allylic oxidation sites excluding steroid dienone is 1. The van der Waals surface area contributed by atoms with Gasteiger partial charge in [0.15, 0.2) is 0 Å². The highest BCUT2D eigenvalue weighted by atomic mass is 32.2. The summed E-state index contributed by atoms with van der Waals surface area (Å²) in [6, 6.07) is -1.05. The van der Waals surface area contributed by atoms with E-state index in [-0.39, 0.29) is 5.70 Å². The van der Waals surface area contributed by atoms with Gasteiger partial charge in [-0.05, 0) is 12.2 Å². The third-order valence-corrected chi connectivity index (χ3v) is 3.50. The molecular formula is C7H11N3O4S. The average Bonchev–Trinajstić information content (AvgIpc) is 2.17. The maximum Gasteiger partial charge on any atom is 0.301 e. The van der Waals surface area contributed by atoms with E-state index >= 15 is 0 Å². The summed E-state index contributed by atoms with van der Waals surface area (Å²) < 4.78 is 36.2. The third-order valence-electron chi connectivity index (χ3n) is 2.14. The van der Waals surface area contributed by atoms with Crippen molar-refractivity contribution in [3.63, 3.8) is 0 Å². The molecule has 2 atom stereocenters. The predicted octanol–water partition coefficient (Wildman–Crippen LogP) is 0.0289. The van der Waals surface area contributed by atoms with Crippen LogP contribution in [0.3, 0.4) is 0 Å². The van der Waals surface area contributed by atoms with Crippen molar-refractivity contribution in [2.45, 2.75) is 11.0 Å². The molecular weight excluding hydrogens is 222 g/mol. The van der Waals surface area contributed by atoms with Crippen LogP contribution in [0.2, 0.25) is 0 Å². The summed E-state index contributed by atoms with van der Waals surface area (Å²) >= 11 is 0. The molecule has 84 valence electrons. The maximum atomic E-state index is 11.2. The number of ether oxygens (including phenoxy) is 1. The molecule has 0 amide bonds. The van der Waals surface area contributed by atoms with E-state index in [2.05, 4.69) is 5.11 Å². The Hall–Kier alpha value is -1.09. The minimum atomic E-state index is -4.55. The Bertz CT molecular complexity index is 428. The van der Waals surface area contributed by atoms with Crippen LogP contribution in [0.1, 0.15) is 0 Å². The predicted molar refractivity (Wildman–Crippen MR) is 51.6 cm³/mol. The van der Waals surface area contributed by atoms with Gasteiger partial charge in [-0.25, -0.2) is 5.53 Å². The molecule has 0 fully saturated rings. The average molecular weight is 233 g/mol. The number of hydrogen-bond donors (Lipinski definition) is 3. The molecule has 0 saturated carbocycles. The largest absolute Gasteiger partial charge is 0.355 e. The lowest BCUT2D eigenvalue weighted by Crippen LogP contribution is -2.53. The Morgan fingerprint density at radius 2 is 2.33 bits per heavy atom. The lowest BCUT2D eigenvalue weighted by Gasteiger charge is -2.32. The van der Waals surface area contributed by atoms with Gasteiger partial charge < -0.3 is 10.5 Å². The quantitative estimate of drug-likeness (QED) is 0.468. The highest BCUT2D eigenvalue weighted by molar-refractivity contribution is 7.87. The van der Waals surface area contributed by atoms with Gasteiger partial charge in [-0.2, -0.15) is 13.5 Å². The molecule has 4 N–H and O–H groups in total. The lowest BCUT2D eigenvalue weighted by molar-refractivity contribution is 0.0808. The van der Waals surface area contributed by atoms with Gasteiger partial charge in [0.25, 0.3) is 0 Å². The Kier molecular flexibility index (Phi) is 3.05. The molecule has 0 saturated heterocycles. The summed E-state index contributed by atoms with van der Waals surface area (Å²) in [5.74, 6) is 0. The molecule has 0 spiro atoms. The first-order valence-electron chi connectivity index (χ1n) is 3.93. The van der Waals surface area contributed by atoms with Crippen molar-refractivity contribution in [2.75, 3.05) is 7.11 Å². The summed E-state index contributed by atoms with van der Waals surface area (Å²) in [7, 11) is -3.45. The van der Waals surface area contributed by atoms with E-state index in [1.54, 1.807) is 0 Å². The monoisotopic (exact) mass is 233 g/mol. The second-order valence-electron chi connectivity index (χ2n) is 2.97. The summed E-state index contributed by atoms with van der Waals surface area (Å²) in [6.45, 7) is 0. The number of methoxy groups -OCH3 is 1. The normalized spacial score (nSPS) is 31.1. The molecule has 0 radical (unpaired) electrons. The van der Waals surface area contributed by atoms with Crippen molar-refractivity contribution < 1.29 is 17.7 Å². The zero-order valence-corrected chi connectivity index (χ0v) is 8.73. The van der Waals surface area contributed by atoms with Crippen LogP contribution in [0.25, 0.3) is 0 Å². The van der Waals surface area contributed by atoms with Gasteiger partial charge in [-0.3, -0.25) is 4.55 Å². The lowest BCUT2D eigenvalue weighted by atomic mass is 10.0. The maximum absolute atomic E-state index is 11.2. The van der Waals surface area contributed by atoms with Crippen LogP contribution in [-0.4, -0.2) is 31.1 Å². The second kappa shape index (κ2) is 3.81. The van der Waals surface area contributed by atoms with E-state index in [4.69, 9.17) is 20.6 Å².